The molecule has 0 atom stereocenters. The zero-order chi connectivity index (χ0) is 12.3. The fourth-order valence-electron chi connectivity index (χ4n) is 0.936. The number of hydrogen-bond acceptors (Lipinski definition) is 2. The van der Waals surface area contributed by atoms with E-state index in [0.717, 1.165) is 18.2 Å². The minimum Gasteiger partial charge on any atom is -0.369 e. The van der Waals surface area contributed by atoms with Gasteiger partial charge in [-0.25, -0.2) is 10.8 Å². The van der Waals surface area contributed by atoms with Crippen LogP contribution in [0.15, 0.2) is 23.2 Å². The van der Waals surface area contributed by atoms with Crippen molar-refractivity contribution in [1.82, 2.24) is 5.43 Å². The van der Waals surface area contributed by atoms with Crippen LogP contribution in [-0.2, 0) is 6.18 Å². The normalized spacial score (nSPS) is 12.7. The molecule has 0 bridgehead atoms. The third-order valence-electron chi connectivity index (χ3n) is 1.66. The van der Waals surface area contributed by atoms with Gasteiger partial charge >= 0.3 is 6.18 Å². The largest absolute Gasteiger partial charge is 0.416 e. The minimum atomic E-state index is -4.44. The van der Waals surface area contributed by atoms with Crippen molar-refractivity contribution in [3.05, 3.63) is 28.8 Å². The van der Waals surface area contributed by atoms with Crippen molar-refractivity contribution in [1.29, 1.82) is 0 Å². The lowest BCUT2D eigenvalue weighted by Gasteiger charge is -2.08. The highest BCUT2D eigenvalue weighted by molar-refractivity contribution is 6.33. The maximum absolute atomic E-state index is 12.3. The molecular weight excluding hydrogens is 245 g/mol. The van der Waals surface area contributed by atoms with E-state index in [0.29, 0.717) is 0 Å². The molecule has 0 aliphatic carbocycles. The fourth-order valence-corrected chi connectivity index (χ4v) is 1.16. The lowest BCUT2D eigenvalue weighted by atomic mass is 10.2. The van der Waals surface area contributed by atoms with Gasteiger partial charge in [0.05, 0.1) is 16.3 Å². The van der Waals surface area contributed by atoms with Crippen molar-refractivity contribution < 1.29 is 13.2 Å². The Labute approximate surface area is 94.1 Å². The molecule has 1 aromatic carbocycles. The molecule has 0 radical (unpaired) electrons. The van der Waals surface area contributed by atoms with Crippen molar-refractivity contribution in [3.8, 4) is 0 Å². The van der Waals surface area contributed by atoms with Crippen LogP contribution >= 0.6 is 11.6 Å². The number of guanidine groups is 1. The van der Waals surface area contributed by atoms with Gasteiger partial charge in [0.2, 0.25) is 5.96 Å². The van der Waals surface area contributed by atoms with Gasteiger partial charge in [-0.1, -0.05) is 11.6 Å². The second-order valence-electron chi connectivity index (χ2n) is 2.81. The predicted octanol–water partition coefficient (Wildman–Crippen LogP) is 1.77. The van der Waals surface area contributed by atoms with E-state index in [1.54, 1.807) is 0 Å². The Kier molecular flexibility index (Phi) is 3.61. The zero-order valence-corrected chi connectivity index (χ0v) is 8.60. The molecule has 0 aliphatic rings. The van der Waals surface area contributed by atoms with Crippen molar-refractivity contribution in [3.63, 3.8) is 0 Å². The Morgan fingerprint density at radius 2 is 2.00 bits per heavy atom. The van der Waals surface area contributed by atoms with E-state index in [2.05, 4.69) is 4.99 Å². The van der Waals surface area contributed by atoms with Gasteiger partial charge < -0.3 is 5.73 Å². The Bertz CT molecular complexity index is 416. The molecule has 0 aliphatic heterocycles. The zero-order valence-electron chi connectivity index (χ0n) is 7.85. The summed E-state index contributed by atoms with van der Waals surface area (Å²) in [5.74, 6) is 4.79. The summed E-state index contributed by atoms with van der Waals surface area (Å²) in [6, 6.07) is 2.73. The summed E-state index contributed by atoms with van der Waals surface area (Å²) in [6.07, 6.45) is -4.44. The van der Waals surface area contributed by atoms with Crippen LogP contribution < -0.4 is 17.0 Å². The molecular formula is C8H8ClF3N4. The van der Waals surface area contributed by atoms with Gasteiger partial charge in [-0.3, -0.25) is 5.43 Å². The molecule has 5 N–H and O–H groups in total. The summed E-state index contributed by atoms with van der Waals surface area (Å²) >= 11 is 5.61. The summed E-state index contributed by atoms with van der Waals surface area (Å²) < 4.78 is 36.8. The van der Waals surface area contributed by atoms with Crippen LogP contribution in [0, 0.1) is 0 Å². The van der Waals surface area contributed by atoms with Crippen LogP contribution in [0.25, 0.3) is 0 Å². The Morgan fingerprint density at radius 1 is 1.38 bits per heavy atom. The number of hydrogen-bond donors (Lipinski definition) is 3. The third kappa shape index (κ3) is 3.01. The van der Waals surface area contributed by atoms with Gasteiger partial charge in [0.1, 0.15) is 0 Å². The first-order valence-corrected chi connectivity index (χ1v) is 4.40. The number of rotatable bonds is 1. The number of aliphatic imine (C=N–C) groups is 1. The van der Waals surface area contributed by atoms with Crippen LogP contribution in [0.4, 0.5) is 18.9 Å². The van der Waals surface area contributed by atoms with Gasteiger partial charge in [0, 0.05) is 0 Å². The summed E-state index contributed by atoms with van der Waals surface area (Å²) in [5.41, 5.74) is 6.51. The molecule has 0 amide bonds. The van der Waals surface area contributed by atoms with Gasteiger partial charge in [-0.2, -0.15) is 13.2 Å². The molecule has 0 saturated heterocycles. The summed E-state index contributed by atoms with van der Waals surface area (Å²) in [4.78, 5) is 3.66. The number of nitrogens with one attached hydrogen (secondary N) is 1. The molecule has 16 heavy (non-hydrogen) atoms. The second-order valence-corrected chi connectivity index (χ2v) is 3.21. The van der Waals surface area contributed by atoms with Gasteiger partial charge in [0.25, 0.3) is 0 Å². The maximum atomic E-state index is 12.3. The van der Waals surface area contributed by atoms with Crippen molar-refractivity contribution in [2.75, 3.05) is 0 Å². The number of halogens is 4. The standard InChI is InChI=1S/C8H8ClF3N4/c9-5-3-4(8(10,11)12)1-2-6(5)15-7(13)16-14/h1-3H,14H2,(H3,13,15,16). The molecule has 0 saturated carbocycles. The van der Waals surface area contributed by atoms with Gasteiger partial charge in [-0.15, -0.1) is 0 Å². The molecule has 88 valence electrons. The first-order chi connectivity index (χ1) is 7.34. The van der Waals surface area contributed by atoms with E-state index in [4.69, 9.17) is 23.2 Å². The average molecular weight is 253 g/mol. The van der Waals surface area contributed by atoms with Crippen LogP contribution in [0.2, 0.25) is 5.02 Å². The van der Waals surface area contributed by atoms with Crippen molar-refractivity contribution >= 4 is 23.2 Å². The highest BCUT2D eigenvalue weighted by atomic mass is 35.5. The van der Waals surface area contributed by atoms with Crippen LogP contribution in [0.5, 0.6) is 0 Å². The smallest absolute Gasteiger partial charge is 0.369 e. The average Bonchev–Trinajstić information content (AvgIpc) is 2.19. The van der Waals surface area contributed by atoms with Gasteiger partial charge in [0.15, 0.2) is 0 Å². The Balaban J connectivity index is 3.10. The third-order valence-corrected chi connectivity index (χ3v) is 1.97. The van der Waals surface area contributed by atoms with E-state index in [9.17, 15) is 13.2 Å². The Hall–Kier alpha value is -1.47. The van der Waals surface area contributed by atoms with Crippen LogP contribution in [0.1, 0.15) is 5.56 Å². The molecule has 8 heteroatoms. The van der Waals surface area contributed by atoms with E-state index in [-0.39, 0.29) is 16.7 Å². The second kappa shape index (κ2) is 4.58. The molecule has 1 aromatic rings. The maximum Gasteiger partial charge on any atom is 0.416 e. The molecule has 0 spiro atoms. The highest BCUT2D eigenvalue weighted by Gasteiger charge is 2.30. The van der Waals surface area contributed by atoms with E-state index in [1.807, 2.05) is 5.43 Å². The number of benzene rings is 1. The first-order valence-electron chi connectivity index (χ1n) is 4.02. The molecule has 0 heterocycles. The van der Waals surface area contributed by atoms with Gasteiger partial charge in [-0.05, 0) is 18.2 Å². The number of nitrogens with two attached hydrogens (primary N) is 2. The molecule has 0 fully saturated rings. The summed E-state index contributed by atoms with van der Waals surface area (Å²) in [5, 5.41) is -0.159. The lowest BCUT2D eigenvalue weighted by Crippen LogP contribution is -2.36. The molecule has 1 rings (SSSR count). The van der Waals surface area contributed by atoms with E-state index >= 15 is 0 Å². The van der Waals surface area contributed by atoms with Crippen molar-refractivity contribution in [2.45, 2.75) is 6.18 Å². The van der Waals surface area contributed by atoms with Crippen LogP contribution in [0.3, 0.4) is 0 Å². The van der Waals surface area contributed by atoms with Crippen molar-refractivity contribution in [2.24, 2.45) is 16.6 Å². The predicted molar refractivity (Wildman–Crippen MR) is 55.1 cm³/mol. The Morgan fingerprint density at radius 3 is 2.44 bits per heavy atom. The molecule has 0 unspecified atom stereocenters. The number of nitrogens with zero attached hydrogens (tertiary/aromatic N) is 1. The quantitative estimate of drug-likeness (QED) is 0.309. The number of hydrazine groups is 1. The van der Waals surface area contributed by atoms with E-state index < -0.39 is 11.7 Å². The fraction of sp³-hybridized carbons (Fsp3) is 0.125. The number of alkyl halides is 3. The van der Waals surface area contributed by atoms with E-state index in [1.165, 1.54) is 0 Å². The minimum absolute atomic E-state index is 0.102. The monoisotopic (exact) mass is 252 g/mol. The first kappa shape index (κ1) is 12.6. The summed E-state index contributed by atoms with van der Waals surface area (Å²) in [6.45, 7) is 0. The topological polar surface area (TPSA) is 76.4 Å². The highest BCUT2D eigenvalue weighted by Crippen LogP contribution is 2.34. The molecule has 4 nitrogen and oxygen atoms in total. The summed E-state index contributed by atoms with van der Waals surface area (Å²) in [7, 11) is 0. The SMILES string of the molecule is NNC(N)=Nc1ccc(C(F)(F)F)cc1Cl. The van der Waals surface area contributed by atoms with Crippen LogP contribution in [-0.4, -0.2) is 5.96 Å². The lowest BCUT2D eigenvalue weighted by molar-refractivity contribution is -0.137. The molecule has 0 aromatic heterocycles.